The molecule has 0 fully saturated rings. The summed E-state index contributed by atoms with van der Waals surface area (Å²) in [6.45, 7) is 5.96. The fourth-order valence-electron chi connectivity index (χ4n) is 3.70. The molecule has 0 aliphatic carbocycles. The van der Waals surface area contributed by atoms with Gasteiger partial charge in [0, 0.05) is 16.9 Å². The lowest BCUT2D eigenvalue weighted by atomic mass is 9.97. The normalized spacial score (nSPS) is 13.9. The van der Waals surface area contributed by atoms with Crippen molar-refractivity contribution in [2.75, 3.05) is 5.32 Å². The number of hydrogen-bond acceptors (Lipinski definition) is 4. The maximum absolute atomic E-state index is 13.5. The molecule has 4 rings (SSSR count). The Bertz CT molecular complexity index is 1220. The number of rotatable bonds is 5. The molecule has 1 N–H and O–H groups in total. The highest BCUT2D eigenvalue weighted by molar-refractivity contribution is 6.37. The van der Waals surface area contributed by atoms with Gasteiger partial charge in [-0.15, -0.1) is 0 Å². The number of benzene rings is 2. The third-order valence-corrected chi connectivity index (χ3v) is 5.56. The standard InChI is InChI=1S/C25H22ClN3O2/c1-15-7-10-20(17(3)12-15)22-23(28-21-13-18(26)9-8-16(21)2)25(31)29(24(22)30)14-19-6-4-5-11-27-19/h4-13,28H,14H2,1-3H3. The number of aromatic nitrogens is 1. The second-order valence-corrected chi connectivity index (χ2v) is 8.11. The minimum absolute atomic E-state index is 0.104. The molecule has 0 saturated carbocycles. The van der Waals surface area contributed by atoms with Crippen molar-refractivity contribution >= 4 is 34.7 Å². The van der Waals surface area contributed by atoms with Gasteiger partial charge >= 0.3 is 0 Å². The average Bonchev–Trinajstić information content (AvgIpc) is 2.96. The van der Waals surface area contributed by atoms with E-state index in [4.69, 9.17) is 11.6 Å². The molecule has 2 amide bonds. The van der Waals surface area contributed by atoms with Crippen molar-refractivity contribution in [1.29, 1.82) is 0 Å². The number of pyridine rings is 1. The van der Waals surface area contributed by atoms with Crippen molar-refractivity contribution in [2.45, 2.75) is 27.3 Å². The Morgan fingerprint density at radius 1 is 0.935 bits per heavy atom. The lowest BCUT2D eigenvalue weighted by Gasteiger charge is -2.15. The van der Waals surface area contributed by atoms with Gasteiger partial charge in [0.15, 0.2) is 0 Å². The summed E-state index contributed by atoms with van der Waals surface area (Å²) in [5.41, 5.74) is 5.60. The third-order valence-electron chi connectivity index (χ3n) is 5.32. The zero-order chi connectivity index (χ0) is 22.1. The first-order valence-corrected chi connectivity index (χ1v) is 10.3. The number of aryl methyl sites for hydroxylation is 3. The summed E-state index contributed by atoms with van der Waals surface area (Å²) < 4.78 is 0. The largest absolute Gasteiger partial charge is 0.350 e. The van der Waals surface area contributed by atoms with E-state index in [1.165, 1.54) is 4.90 Å². The van der Waals surface area contributed by atoms with Crippen molar-refractivity contribution in [1.82, 2.24) is 9.88 Å². The van der Waals surface area contributed by atoms with Crippen LogP contribution in [0.5, 0.6) is 0 Å². The van der Waals surface area contributed by atoms with Gasteiger partial charge < -0.3 is 5.32 Å². The summed E-state index contributed by atoms with van der Waals surface area (Å²) in [7, 11) is 0. The van der Waals surface area contributed by atoms with Crippen LogP contribution in [-0.4, -0.2) is 21.7 Å². The number of amides is 2. The Morgan fingerprint density at radius 3 is 2.45 bits per heavy atom. The van der Waals surface area contributed by atoms with Crippen molar-refractivity contribution < 1.29 is 9.59 Å². The number of nitrogens with zero attached hydrogens (tertiary/aromatic N) is 2. The topological polar surface area (TPSA) is 62.3 Å². The predicted molar refractivity (Wildman–Crippen MR) is 122 cm³/mol. The van der Waals surface area contributed by atoms with Crippen LogP contribution in [0.25, 0.3) is 5.57 Å². The number of imide groups is 1. The molecule has 0 bridgehead atoms. The highest BCUT2D eigenvalue weighted by Gasteiger charge is 2.40. The molecule has 0 unspecified atom stereocenters. The Morgan fingerprint density at radius 2 is 1.74 bits per heavy atom. The van der Waals surface area contributed by atoms with Gasteiger partial charge in [-0.05, 0) is 61.7 Å². The van der Waals surface area contributed by atoms with Crippen LogP contribution in [0, 0.1) is 20.8 Å². The second kappa shape index (κ2) is 8.36. The van der Waals surface area contributed by atoms with Crippen LogP contribution in [0.1, 0.15) is 27.9 Å². The summed E-state index contributed by atoms with van der Waals surface area (Å²) in [4.78, 5) is 32.4. The van der Waals surface area contributed by atoms with Crippen LogP contribution in [0.15, 0.2) is 66.5 Å². The summed E-state index contributed by atoms with van der Waals surface area (Å²) in [6, 6.07) is 16.7. The Kier molecular flexibility index (Phi) is 5.61. The summed E-state index contributed by atoms with van der Waals surface area (Å²) >= 11 is 6.17. The number of carbonyl (C=O) groups excluding carboxylic acids is 2. The summed E-state index contributed by atoms with van der Waals surface area (Å²) in [5.74, 6) is -0.727. The molecule has 0 radical (unpaired) electrons. The molecule has 1 aliphatic heterocycles. The molecular formula is C25H22ClN3O2. The van der Waals surface area contributed by atoms with Gasteiger partial charge in [0.1, 0.15) is 5.70 Å². The monoisotopic (exact) mass is 431 g/mol. The van der Waals surface area contributed by atoms with E-state index < -0.39 is 0 Å². The molecule has 156 valence electrons. The van der Waals surface area contributed by atoms with E-state index in [0.717, 1.165) is 22.3 Å². The first kappa shape index (κ1) is 20.8. The van der Waals surface area contributed by atoms with E-state index in [-0.39, 0.29) is 24.1 Å². The van der Waals surface area contributed by atoms with Crippen molar-refractivity contribution in [2.24, 2.45) is 0 Å². The Balaban J connectivity index is 1.81. The van der Waals surface area contributed by atoms with Crippen LogP contribution in [0.2, 0.25) is 5.02 Å². The van der Waals surface area contributed by atoms with Crippen LogP contribution in [0.3, 0.4) is 0 Å². The van der Waals surface area contributed by atoms with E-state index in [1.54, 1.807) is 30.5 Å². The minimum Gasteiger partial charge on any atom is -0.350 e. The average molecular weight is 432 g/mol. The van der Waals surface area contributed by atoms with E-state index in [1.807, 2.05) is 51.1 Å². The Hall–Kier alpha value is -3.44. The first-order valence-electron chi connectivity index (χ1n) is 9.96. The molecule has 1 aliphatic rings. The van der Waals surface area contributed by atoms with Crippen molar-refractivity contribution in [3.8, 4) is 0 Å². The molecule has 2 aromatic carbocycles. The fraction of sp³-hybridized carbons (Fsp3) is 0.160. The zero-order valence-electron chi connectivity index (χ0n) is 17.6. The van der Waals surface area contributed by atoms with Gasteiger partial charge in [-0.1, -0.05) is 47.5 Å². The molecule has 6 heteroatoms. The van der Waals surface area contributed by atoms with Gasteiger partial charge in [-0.2, -0.15) is 0 Å². The van der Waals surface area contributed by atoms with Crippen LogP contribution < -0.4 is 5.32 Å². The number of hydrogen-bond donors (Lipinski definition) is 1. The van der Waals surface area contributed by atoms with Crippen molar-refractivity contribution in [3.63, 3.8) is 0 Å². The first-order chi connectivity index (χ1) is 14.8. The van der Waals surface area contributed by atoms with E-state index in [0.29, 0.717) is 22.0 Å². The number of anilines is 1. The maximum Gasteiger partial charge on any atom is 0.278 e. The third kappa shape index (κ3) is 4.09. The maximum atomic E-state index is 13.5. The molecule has 3 aromatic rings. The zero-order valence-corrected chi connectivity index (χ0v) is 18.3. The van der Waals surface area contributed by atoms with E-state index in [2.05, 4.69) is 10.3 Å². The molecule has 1 aromatic heterocycles. The summed E-state index contributed by atoms with van der Waals surface area (Å²) in [6.07, 6.45) is 1.65. The van der Waals surface area contributed by atoms with Crippen LogP contribution in [-0.2, 0) is 16.1 Å². The number of nitrogens with one attached hydrogen (secondary N) is 1. The molecule has 0 atom stereocenters. The molecular weight excluding hydrogens is 410 g/mol. The minimum atomic E-state index is -0.384. The molecule has 5 nitrogen and oxygen atoms in total. The molecule has 0 spiro atoms. The highest BCUT2D eigenvalue weighted by atomic mass is 35.5. The lowest BCUT2D eigenvalue weighted by Crippen LogP contribution is -2.32. The molecule has 2 heterocycles. The lowest BCUT2D eigenvalue weighted by molar-refractivity contribution is -0.137. The predicted octanol–water partition coefficient (Wildman–Crippen LogP) is 5.05. The Labute approximate surface area is 186 Å². The van der Waals surface area contributed by atoms with Crippen LogP contribution in [0.4, 0.5) is 5.69 Å². The number of carbonyl (C=O) groups is 2. The van der Waals surface area contributed by atoms with Crippen molar-refractivity contribution in [3.05, 3.63) is 99.5 Å². The van der Waals surface area contributed by atoms with Gasteiger partial charge in [-0.25, -0.2) is 0 Å². The van der Waals surface area contributed by atoms with Crippen LogP contribution >= 0.6 is 11.6 Å². The SMILES string of the molecule is Cc1ccc(C2=C(Nc3cc(Cl)ccc3C)C(=O)N(Cc3ccccn3)C2=O)c(C)c1. The second-order valence-electron chi connectivity index (χ2n) is 7.67. The van der Waals surface area contributed by atoms with Gasteiger partial charge in [0.2, 0.25) is 0 Å². The van der Waals surface area contributed by atoms with E-state index in [9.17, 15) is 9.59 Å². The van der Waals surface area contributed by atoms with Gasteiger partial charge in [0.05, 0.1) is 17.8 Å². The fourth-order valence-corrected chi connectivity index (χ4v) is 3.87. The smallest absolute Gasteiger partial charge is 0.278 e. The quantitative estimate of drug-likeness (QED) is 0.574. The van der Waals surface area contributed by atoms with Gasteiger partial charge in [-0.3, -0.25) is 19.5 Å². The number of halogens is 1. The highest BCUT2D eigenvalue weighted by Crippen LogP contribution is 2.34. The molecule has 0 saturated heterocycles. The molecule has 31 heavy (non-hydrogen) atoms. The summed E-state index contributed by atoms with van der Waals surface area (Å²) in [5, 5.41) is 3.74. The van der Waals surface area contributed by atoms with E-state index >= 15 is 0 Å². The van der Waals surface area contributed by atoms with Gasteiger partial charge in [0.25, 0.3) is 11.8 Å².